The summed E-state index contributed by atoms with van der Waals surface area (Å²) in [6, 6.07) is 7.73. The lowest BCUT2D eigenvalue weighted by molar-refractivity contribution is -0.144. The Morgan fingerprint density at radius 1 is 1.38 bits per heavy atom. The molecule has 1 saturated heterocycles. The molecule has 1 aliphatic heterocycles. The van der Waals surface area contributed by atoms with Crippen LogP contribution in [0.4, 0.5) is 0 Å². The third-order valence-electron chi connectivity index (χ3n) is 6.27. The van der Waals surface area contributed by atoms with E-state index in [1.165, 1.54) is 4.68 Å². The van der Waals surface area contributed by atoms with Crippen molar-refractivity contribution in [2.75, 3.05) is 19.8 Å². The molecule has 1 aromatic carbocycles. The maximum absolute atomic E-state index is 13.0. The summed E-state index contributed by atoms with van der Waals surface area (Å²) >= 11 is 0. The zero-order valence-corrected chi connectivity index (χ0v) is 20.0. The minimum absolute atomic E-state index is 0.0592. The fraction of sp³-hybridized carbons (Fsp3) is 0.542. The van der Waals surface area contributed by atoms with Crippen LogP contribution in [0.5, 0.6) is 0 Å². The lowest BCUT2D eigenvalue weighted by Crippen LogP contribution is -2.38. The molecule has 182 valence electrons. The number of esters is 1. The number of aryl methyl sites for hydroxylation is 1. The molecular weight excluding hydrogens is 436 g/mol. The van der Waals surface area contributed by atoms with Crippen molar-refractivity contribution < 1.29 is 14.3 Å². The minimum Gasteiger partial charge on any atom is -0.465 e. The van der Waals surface area contributed by atoms with Crippen LogP contribution in [-0.4, -0.2) is 61.9 Å². The van der Waals surface area contributed by atoms with Crippen molar-refractivity contribution >= 4 is 16.9 Å². The first-order valence-electron chi connectivity index (χ1n) is 11.9. The summed E-state index contributed by atoms with van der Waals surface area (Å²) in [5.41, 5.74) is 2.44. The number of para-hydroxylation sites is 1. The molecule has 10 nitrogen and oxygen atoms in total. The van der Waals surface area contributed by atoms with Gasteiger partial charge in [-0.05, 0) is 60.6 Å². The van der Waals surface area contributed by atoms with Crippen molar-refractivity contribution in [3.05, 3.63) is 51.6 Å². The zero-order chi connectivity index (χ0) is 24.1. The number of pyridine rings is 1. The fourth-order valence-corrected chi connectivity index (χ4v) is 4.61. The number of nitrogens with one attached hydrogen (secondary N) is 1. The Balaban J connectivity index is 1.67. The highest BCUT2D eigenvalue weighted by atomic mass is 16.5. The monoisotopic (exact) mass is 468 g/mol. The summed E-state index contributed by atoms with van der Waals surface area (Å²) in [7, 11) is 0. The van der Waals surface area contributed by atoms with Gasteiger partial charge < -0.3 is 14.5 Å². The van der Waals surface area contributed by atoms with Crippen LogP contribution < -0.4 is 5.56 Å². The van der Waals surface area contributed by atoms with Crippen molar-refractivity contribution in [3.63, 3.8) is 0 Å². The Morgan fingerprint density at radius 2 is 2.24 bits per heavy atom. The molecule has 0 radical (unpaired) electrons. The van der Waals surface area contributed by atoms with Crippen LogP contribution in [0.15, 0.2) is 29.1 Å². The van der Waals surface area contributed by atoms with E-state index in [1.807, 2.05) is 38.1 Å². The van der Waals surface area contributed by atoms with Gasteiger partial charge in [0.2, 0.25) is 0 Å². The fourth-order valence-electron chi connectivity index (χ4n) is 4.61. The largest absolute Gasteiger partial charge is 0.465 e. The summed E-state index contributed by atoms with van der Waals surface area (Å²) in [5, 5.41) is 13.1. The number of carbonyl (C=O) groups is 1. The predicted molar refractivity (Wildman–Crippen MR) is 126 cm³/mol. The van der Waals surface area contributed by atoms with E-state index in [9.17, 15) is 9.59 Å². The Labute approximate surface area is 198 Å². The van der Waals surface area contributed by atoms with E-state index in [0.717, 1.165) is 35.9 Å². The van der Waals surface area contributed by atoms with E-state index in [-0.39, 0.29) is 24.2 Å². The average molecular weight is 469 g/mol. The molecule has 1 fully saturated rings. The second-order valence-electron chi connectivity index (χ2n) is 8.65. The van der Waals surface area contributed by atoms with Crippen LogP contribution in [0.25, 0.3) is 10.9 Å². The topological polar surface area (TPSA) is 115 Å². The van der Waals surface area contributed by atoms with Crippen molar-refractivity contribution in [1.82, 2.24) is 30.1 Å². The van der Waals surface area contributed by atoms with Gasteiger partial charge in [-0.2, -0.15) is 0 Å². The molecule has 4 rings (SSSR count). The Morgan fingerprint density at radius 3 is 2.97 bits per heavy atom. The third kappa shape index (κ3) is 5.34. The molecule has 3 aromatic rings. The molecule has 0 bridgehead atoms. The number of ether oxygens (including phenoxy) is 2. The van der Waals surface area contributed by atoms with E-state index in [4.69, 9.17) is 9.47 Å². The first-order valence-corrected chi connectivity index (χ1v) is 11.9. The van der Waals surface area contributed by atoms with Crippen LogP contribution >= 0.6 is 0 Å². The van der Waals surface area contributed by atoms with E-state index in [0.29, 0.717) is 37.5 Å². The van der Waals surface area contributed by atoms with Gasteiger partial charge in [0.1, 0.15) is 6.54 Å². The van der Waals surface area contributed by atoms with Crippen LogP contribution in [0.2, 0.25) is 0 Å². The minimum atomic E-state index is -0.391. The number of aromatic amines is 1. The highest BCUT2D eigenvalue weighted by Gasteiger charge is 2.30. The Bertz CT molecular complexity index is 1180. The van der Waals surface area contributed by atoms with Crippen molar-refractivity contribution in [1.29, 1.82) is 0 Å². The van der Waals surface area contributed by atoms with E-state index in [2.05, 4.69) is 25.4 Å². The number of benzene rings is 1. The molecule has 1 N–H and O–H groups in total. The Hall–Kier alpha value is -3.11. The number of rotatable bonds is 10. The lowest BCUT2D eigenvalue weighted by Gasteiger charge is -2.32. The lowest BCUT2D eigenvalue weighted by atomic mass is 10.1. The van der Waals surface area contributed by atoms with Gasteiger partial charge in [-0.3, -0.25) is 14.5 Å². The molecule has 3 heterocycles. The number of aromatic nitrogens is 5. The standard InChI is InChI=1S/C24H32N6O4/c1-4-20(23-26-27-28-30(23)15-21(31)33-5-2)29(14-19-10-7-11-34-19)13-18-12-17-9-6-8-16(3)22(17)25-24(18)32/h6,8-9,12,19-20H,4-5,7,10-11,13-15H2,1-3H3,(H,25,32)/t19-,20-/m1/s1. The molecule has 0 unspecified atom stereocenters. The molecule has 10 heteroatoms. The number of H-pyrrole nitrogens is 1. The summed E-state index contributed by atoms with van der Waals surface area (Å²) in [6.07, 6.45) is 2.76. The molecule has 1 aliphatic rings. The van der Waals surface area contributed by atoms with Gasteiger partial charge in [-0.15, -0.1) is 5.10 Å². The van der Waals surface area contributed by atoms with Crippen molar-refractivity contribution in [2.24, 2.45) is 0 Å². The molecule has 34 heavy (non-hydrogen) atoms. The molecule has 0 aliphatic carbocycles. The summed E-state index contributed by atoms with van der Waals surface area (Å²) in [4.78, 5) is 30.4. The zero-order valence-electron chi connectivity index (χ0n) is 20.0. The molecule has 0 spiro atoms. The van der Waals surface area contributed by atoms with Crippen molar-refractivity contribution in [2.45, 2.75) is 65.3 Å². The molecule has 0 saturated carbocycles. The van der Waals surface area contributed by atoms with Crippen molar-refractivity contribution in [3.8, 4) is 0 Å². The van der Waals surface area contributed by atoms with Gasteiger partial charge in [0.25, 0.3) is 5.56 Å². The molecular formula is C24H32N6O4. The number of fused-ring (bicyclic) bond motifs is 1. The highest BCUT2D eigenvalue weighted by molar-refractivity contribution is 5.81. The number of nitrogens with zero attached hydrogens (tertiary/aromatic N) is 5. The van der Waals surface area contributed by atoms with Crippen LogP contribution in [0.1, 0.15) is 56.1 Å². The second-order valence-corrected chi connectivity index (χ2v) is 8.65. The van der Waals surface area contributed by atoms with E-state index < -0.39 is 5.97 Å². The first kappa shape index (κ1) is 24.0. The van der Waals surface area contributed by atoms with Gasteiger partial charge in [0.15, 0.2) is 5.82 Å². The summed E-state index contributed by atoms with van der Waals surface area (Å²) < 4.78 is 12.5. The van der Waals surface area contributed by atoms with Gasteiger partial charge in [0.05, 0.1) is 24.3 Å². The third-order valence-corrected chi connectivity index (χ3v) is 6.27. The number of hydrogen-bond acceptors (Lipinski definition) is 8. The second kappa shape index (κ2) is 10.9. The summed E-state index contributed by atoms with van der Waals surface area (Å²) in [6.45, 7) is 7.81. The normalized spacial score (nSPS) is 16.9. The maximum Gasteiger partial charge on any atom is 0.327 e. The van der Waals surface area contributed by atoms with Gasteiger partial charge in [-0.25, -0.2) is 4.68 Å². The van der Waals surface area contributed by atoms with Crippen LogP contribution in [0.3, 0.4) is 0 Å². The average Bonchev–Trinajstić information content (AvgIpc) is 3.48. The number of tetrazole rings is 1. The molecule has 2 aromatic heterocycles. The van der Waals surface area contributed by atoms with Gasteiger partial charge in [-0.1, -0.05) is 25.1 Å². The first-order chi connectivity index (χ1) is 16.5. The Kier molecular flexibility index (Phi) is 7.69. The van der Waals surface area contributed by atoms with Gasteiger partial charge in [0, 0.05) is 25.3 Å². The predicted octanol–water partition coefficient (Wildman–Crippen LogP) is 2.52. The van der Waals surface area contributed by atoms with Crippen LogP contribution in [-0.2, 0) is 27.4 Å². The summed E-state index contributed by atoms with van der Waals surface area (Å²) in [5.74, 6) is 0.180. The van der Waals surface area contributed by atoms with Crippen LogP contribution in [0, 0.1) is 6.92 Å². The van der Waals surface area contributed by atoms with Gasteiger partial charge >= 0.3 is 5.97 Å². The molecule has 0 amide bonds. The maximum atomic E-state index is 13.0. The molecule has 2 atom stereocenters. The highest BCUT2D eigenvalue weighted by Crippen LogP contribution is 2.27. The van der Waals surface area contributed by atoms with E-state index in [1.54, 1.807) is 6.92 Å². The van der Waals surface area contributed by atoms with E-state index >= 15 is 0 Å². The number of hydrogen-bond donors (Lipinski definition) is 1. The quantitative estimate of drug-likeness (QED) is 0.451. The smallest absolute Gasteiger partial charge is 0.327 e. The SMILES string of the molecule is CCOC(=O)Cn1nnnc1[C@@H](CC)N(Cc1cc2cccc(C)c2[nH]c1=O)C[C@H]1CCCO1. The number of carbonyl (C=O) groups excluding carboxylic acids is 1.